The van der Waals surface area contributed by atoms with Crippen molar-refractivity contribution >= 4 is 50.5 Å². The van der Waals surface area contributed by atoms with Crippen LogP contribution in [0, 0.1) is 0 Å². The summed E-state index contributed by atoms with van der Waals surface area (Å²) in [4.78, 5) is 8.68. The van der Waals surface area contributed by atoms with Crippen LogP contribution in [0.5, 0.6) is 5.75 Å². The summed E-state index contributed by atoms with van der Waals surface area (Å²) in [6.45, 7) is 0.210. The second-order valence-electron chi connectivity index (χ2n) is 6.50. The molecule has 4 aromatic rings. The molecule has 0 saturated heterocycles. The van der Waals surface area contributed by atoms with Gasteiger partial charge in [0.15, 0.2) is 5.75 Å². The van der Waals surface area contributed by atoms with Gasteiger partial charge >= 0.3 is 0 Å². The number of nitrogens with two attached hydrogens (primary N) is 1. The Morgan fingerprint density at radius 3 is 2.86 bits per heavy atom. The lowest BCUT2D eigenvalue weighted by atomic mass is 10.1. The van der Waals surface area contributed by atoms with Crippen molar-refractivity contribution < 1.29 is 9.84 Å². The maximum atomic E-state index is 10.6. The first kappa shape index (κ1) is 19.0. The van der Waals surface area contributed by atoms with Crippen LogP contribution < -0.4 is 21.1 Å². The largest absolute Gasteiger partial charge is 0.493 e. The van der Waals surface area contributed by atoms with Crippen LogP contribution in [0.2, 0.25) is 5.02 Å². The highest BCUT2D eigenvalue weighted by molar-refractivity contribution is 6.31. The van der Waals surface area contributed by atoms with E-state index in [9.17, 15) is 5.11 Å². The van der Waals surface area contributed by atoms with Gasteiger partial charge in [-0.25, -0.2) is 0 Å². The lowest BCUT2D eigenvalue weighted by Gasteiger charge is -2.19. The number of pyridine rings is 2. The number of nitrogen functional groups attached to an aromatic ring is 1. The van der Waals surface area contributed by atoms with Crippen LogP contribution in [0.4, 0.5) is 17.1 Å². The van der Waals surface area contributed by atoms with Crippen molar-refractivity contribution in [3.05, 3.63) is 59.9 Å². The predicted molar refractivity (Wildman–Crippen MR) is 118 cm³/mol. The van der Waals surface area contributed by atoms with Gasteiger partial charge in [0.2, 0.25) is 0 Å². The van der Waals surface area contributed by atoms with Crippen LogP contribution in [-0.2, 0) is 0 Å². The Labute approximate surface area is 172 Å². The quantitative estimate of drug-likeness (QED) is 0.283. The summed E-state index contributed by atoms with van der Waals surface area (Å²) < 4.78 is 5.42. The minimum absolute atomic E-state index is 0.210. The van der Waals surface area contributed by atoms with Crippen molar-refractivity contribution in [3.63, 3.8) is 0 Å². The average molecular weight is 410 g/mol. The van der Waals surface area contributed by atoms with Crippen LogP contribution in [0.25, 0.3) is 21.8 Å². The molecule has 1 atom stereocenters. The molecule has 0 fully saturated rings. The molecule has 0 radical (unpaired) electrons. The molecule has 8 heteroatoms. The minimum atomic E-state index is -0.880. The number of rotatable bonds is 6. The molecule has 0 amide bonds. The van der Waals surface area contributed by atoms with Crippen molar-refractivity contribution in [2.75, 3.05) is 30.0 Å². The molecular formula is C21H20ClN5O2. The Morgan fingerprint density at radius 2 is 2.03 bits per heavy atom. The number of hydrogen-bond acceptors (Lipinski definition) is 7. The van der Waals surface area contributed by atoms with Crippen molar-refractivity contribution in [2.45, 2.75) is 6.23 Å². The van der Waals surface area contributed by atoms with Crippen molar-refractivity contribution in [1.82, 2.24) is 9.97 Å². The number of fused-ring (bicyclic) bond motifs is 2. The number of methoxy groups -OCH3 is 1. The molecule has 29 heavy (non-hydrogen) atoms. The molecule has 148 valence electrons. The highest BCUT2D eigenvalue weighted by Gasteiger charge is 2.14. The Bertz CT molecular complexity index is 1180. The third kappa shape index (κ3) is 3.83. The first-order valence-corrected chi connectivity index (χ1v) is 9.38. The van der Waals surface area contributed by atoms with Gasteiger partial charge in [-0.2, -0.15) is 0 Å². The van der Waals surface area contributed by atoms with Crippen molar-refractivity contribution in [1.29, 1.82) is 0 Å². The van der Waals surface area contributed by atoms with Gasteiger partial charge in [-0.3, -0.25) is 9.97 Å². The molecule has 0 saturated carbocycles. The zero-order chi connectivity index (χ0) is 20.4. The molecule has 4 rings (SSSR count). The van der Waals surface area contributed by atoms with Crippen LogP contribution >= 0.6 is 11.6 Å². The zero-order valence-electron chi connectivity index (χ0n) is 15.7. The Kier molecular flexibility index (Phi) is 5.24. The number of hydrogen-bond donors (Lipinski definition) is 4. The molecule has 2 aromatic heterocycles. The van der Waals surface area contributed by atoms with Gasteiger partial charge in [0.1, 0.15) is 6.23 Å². The Hall–Kier alpha value is -3.29. The third-order valence-corrected chi connectivity index (χ3v) is 4.85. The molecule has 0 aliphatic carbocycles. The monoisotopic (exact) mass is 409 g/mol. The molecule has 0 aliphatic rings. The van der Waals surface area contributed by atoms with Gasteiger partial charge < -0.3 is 26.2 Å². The first-order chi connectivity index (χ1) is 14.1. The van der Waals surface area contributed by atoms with Crippen LogP contribution in [0.15, 0.2) is 54.9 Å². The Morgan fingerprint density at radius 1 is 1.17 bits per heavy atom. The van der Waals surface area contributed by atoms with Gasteiger partial charge in [-0.1, -0.05) is 17.7 Å². The van der Waals surface area contributed by atoms with E-state index < -0.39 is 6.23 Å². The van der Waals surface area contributed by atoms with E-state index in [1.54, 1.807) is 43.8 Å². The van der Waals surface area contributed by atoms with Gasteiger partial charge in [-0.05, 0) is 36.4 Å². The summed E-state index contributed by atoms with van der Waals surface area (Å²) in [5.74, 6) is 0.548. The number of aliphatic hydroxyl groups excluding tert-OH is 1. The predicted octanol–water partition coefficient (Wildman–Crippen LogP) is 3.87. The third-order valence-electron chi connectivity index (χ3n) is 4.61. The van der Waals surface area contributed by atoms with Crippen molar-refractivity contribution in [2.24, 2.45) is 0 Å². The lowest BCUT2D eigenvalue weighted by Crippen LogP contribution is -2.28. The van der Waals surface area contributed by atoms with E-state index in [-0.39, 0.29) is 6.54 Å². The number of nitrogens with one attached hydrogen (secondary N) is 2. The van der Waals surface area contributed by atoms with Gasteiger partial charge in [0.25, 0.3) is 0 Å². The molecule has 2 heterocycles. The molecule has 7 nitrogen and oxygen atoms in total. The summed E-state index contributed by atoms with van der Waals surface area (Å²) in [6.07, 6.45) is 2.42. The van der Waals surface area contributed by atoms with E-state index >= 15 is 0 Å². The van der Waals surface area contributed by atoms with Crippen LogP contribution in [-0.4, -0.2) is 35.0 Å². The normalized spacial score (nSPS) is 12.1. The number of halogens is 1. The lowest BCUT2D eigenvalue weighted by molar-refractivity contribution is 0.217. The van der Waals surface area contributed by atoms with E-state index in [0.29, 0.717) is 22.1 Å². The topological polar surface area (TPSA) is 105 Å². The maximum absolute atomic E-state index is 10.6. The van der Waals surface area contributed by atoms with Crippen LogP contribution in [0.1, 0.15) is 0 Å². The summed E-state index contributed by atoms with van der Waals surface area (Å²) in [7, 11) is 1.57. The fourth-order valence-electron chi connectivity index (χ4n) is 3.26. The highest BCUT2D eigenvalue weighted by Crippen LogP contribution is 2.35. The van der Waals surface area contributed by atoms with E-state index in [0.717, 1.165) is 27.5 Å². The highest BCUT2D eigenvalue weighted by atomic mass is 35.5. The molecule has 5 N–H and O–H groups in total. The standard InChI is InChI=1S/C21H20ClN5O2/c1-29-18-10-25-16-4-2-3-14(23)20(16)21(18)26-11-19(28)27-15-7-8-24-17-9-12(22)5-6-13(15)17/h2-10,19,28H,11,23H2,1H3,(H,24,27)(H,25,26). The number of nitrogens with zero attached hydrogens (tertiary/aromatic N) is 2. The minimum Gasteiger partial charge on any atom is -0.493 e. The fraction of sp³-hybridized carbons (Fsp3) is 0.143. The second kappa shape index (κ2) is 7.98. The number of aliphatic hydroxyl groups is 1. The molecule has 0 spiro atoms. The van der Waals surface area contributed by atoms with Gasteiger partial charge in [0.05, 0.1) is 42.0 Å². The fourth-order valence-corrected chi connectivity index (χ4v) is 3.43. The van der Waals surface area contributed by atoms with Gasteiger partial charge in [0, 0.05) is 28.0 Å². The maximum Gasteiger partial charge on any atom is 0.160 e. The summed E-state index contributed by atoms with van der Waals surface area (Å²) in [5, 5.41) is 19.1. The average Bonchev–Trinajstić information content (AvgIpc) is 2.72. The van der Waals surface area contributed by atoms with Gasteiger partial charge in [-0.15, -0.1) is 0 Å². The SMILES string of the molecule is COc1cnc2cccc(N)c2c1NCC(O)Nc1ccnc2cc(Cl)ccc12. The molecule has 0 bridgehead atoms. The second-order valence-corrected chi connectivity index (χ2v) is 6.94. The summed E-state index contributed by atoms with van der Waals surface area (Å²) >= 11 is 6.04. The number of aromatic nitrogens is 2. The van der Waals surface area contributed by atoms with Crippen LogP contribution in [0.3, 0.4) is 0 Å². The van der Waals surface area contributed by atoms with E-state index in [1.807, 2.05) is 18.2 Å². The molecular weight excluding hydrogens is 390 g/mol. The number of benzene rings is 2. The van der Waals surface area contributed by atoms with E-state index in [2.05, 4.69) is 20.6 Å². The smallest absolute Gasteiger partial charge is 0.160 e. The van der Waals surface area contributed by atoms with Crippen molar-refractivity contribution in [3.8, 4) is 5.75 Å². The number of ether oxygens (including phenoxy) is 1. The summed E-state index contributed by atoms with van der Waals surface area (Å²) in [6, 6.07) is 12.8. The Balaban J connectivity index is 1.57. The van der Waals surface area contributed by atoms with E-state index in [1.165, 1.54) is 0 Å². The molecule has 0 aliphatic heterocycles. The number of anilines is 3. The zero-order valence-corrected chi connectivity index (χ0v) is 16.4. The summed E-state index contributed by atoms with van der Waals surface area (Å²) in [5.41, 5.74) is 9.66. The first-order valence-electron chi connectivity index (χ1n) is 9.01. The van der Waals surface area contributed by atoms with E-state index in [4.69, 9.17) is 22.1 Å². The molecule has 2 aromatic carbocycles. The molecule has 1 unspecified atom stereocenters.